The van der Waals surface area contributed by atoms with E-state index in [1.807, 2.05) is 23.3 Å². The summed E-state index contributed by atoms with van der Waals surface area (Å²) >= 11 is 1.81. The Hall–Kier alpha value is -1.55. The highest BCUT2D eigenvalue weighted by Crippen LogP contribution is 2.14. The molecule has 1 aliphatic heterocycles. The van der Waals surface area contributed by atoms with Gasteiger partial charge in [-0.2, -0.15) is 0 Å². The van der Waals surface area contributed by atoms with Gasteiger partial charge in [0, 0.05) is 44.6 Å². The topological polar surface area (TPSA) is 61.1 Å². The molecule has 3 rings (SSSR count). The summed E-state index contributed by atoms with van der Waals surface area (Å²) in [6.45, 7) is 6.02. The van der Waals surface area contributed by atoms with Gasteiger partial charge in [-0.25, -0.2) is 0 Å². The van der Waals surface area contributed by atoms with Crippen LogP contribution in [0.3, 0.4) is 0 Å². The first-order valence-electron chi connectivity index (χ1n) is 8.98. The molecule has 2 aromatic rings. The Bertz CT molecular complexity index is 710. The molecule has 148 valence electrons. The molecule has 1 aliphatic rings. The van der Waals surface area contributed by atoms with Gasteiger partial charge in [-0.1, -0.05) is 13.0 Å². The average Bonchev–Trinajstić information content (AvgIpc) is 3.36. The number of carbonyl (C=O) groups is 1. The van der Waals surface area contributed by atoms with Crippen LogP contribution in [0.1, 0.15) is 22.4 Å². The molecular formula is C19H27IN4O2S. The van der Waals surface area contributed by atoms with Gasteiger partial charge < -0.3 is 19.5 Å². The van der Waals surface area contributed by atoms with Crippen LogP contribution in [0.25, 0.3) is 0 Å². The largest absolute Gasteiger partial charge is 0.459 e. The Morgan fingerprint density at radius 1 is 1.26 bits per heavy atom. The standard InChI is InChI=1S/C19H26N4O2S.HI/c1-15(13-16-5-4-12-26-16)14-21-19(20-2)23-9-7-22(8-10-23)18(24)17-6-3-11-25-17;/h3-6,11-12,15H,7-10,13-14H2,1-2H3,(H,20,21);1H. The number of guanidine groups is 1. The minimum absolute atomic E-state index is 0. The maximum atomic E-state index is 12.3. The number of hydrogen-bond donors (Lipinski definition) is 1. The first-order valence-corrected chi connectivity index (χ1v) is 9.86. The number of furan rings is 1. The molecule has 0 bridgehead atoms. The predicted molar refractivity (Wildman–Crippen MR) is 120 cm³/mol. The van der Waals surface area contributed by atoms with E-state index in [9.17, 15) is 4.79 Å². The van der Waals surface area contributed by atoms with Crippen LogP contribution >= 0.6 is 35.3 Å². The number of hydrogen-bond acceptors (Lipinski definition) is 4. The van der Waals surface area contributed by atoms with E-state index in [0.717, 1.165) is 32.0 Å². The summed E-state index contributed by atoms with van der Waals surface area (Å²) in [6.07, 6.45) is 2.61. The lowest BCUT2D eigenvalue weighted by atomic mass is 10.1. The fourth-order valence-corrected chi connectivity index (χ4v) is 3.99. The Morgan fingerprint density at radius 2 is 2.00 bits per heavy atom. The van der Waals surface area contributed by atoms with Crippen LogP contribution in [-0.4, -0.2) is 61.4 Å². The zero-order valence-electron chi connectivity index (χ0n) is 15.8. The van der Waals surface area contributed by atoms with E-state index in [4.69, 9.17) is 4.42 Å². The van der Waals surface area contributed by atoms with E-state index in [0.29, 0.717) is 24.8 Å². The van der Waals surface area contributed by atoms with Crippen LogP contribution in [0.2, 0.25) is 0 Å². The van der Waals surface area contributed by atoms with Crippen LogP contribution in [0, 0.1) is 5.92 Å². The van der Waals surface area contributed by atoms with Crippen molar-refractivity contribution in [3.05, 3.63) is 46.5 Å². The Morgan fingerprint density at radius 3 is 2.59 bits per heavy atom. The molecule has 1 atom stereocenters. The molecule has 1 amide bonds. The van der Waals surface area contributed by atoms with Gasteiger partial charge in [0.05, 0.1) is 6.26 Å². The van der Waals surface area contributed by atoms with Gasteiger partial charge in [-0.05, 0) is 35.9 Å². The summed E-state index contributed by atoms with van der Waals surface area (Å²) in [7, 11) is 1.81. The summed E-state index contributed by atoms with van der Waals surface area (Å²) in [5.74, 6) is 1.81. The molecule has 1 saturated heterocycles. The Labute approximate surface area is 181 Å². The smallest absolute Gasteiger partial charge is 0.289 e. The van der Waals surface area contributed by atoms with E-state index in [-0.39, 0.29) is 29.9 Å². The zero-order valence-corrected chi connectivity index (χ0v) is 18.9. The van der Waals surface area contributed by atoms with Crippen molar-refractivity contribution in [2.24, 2.45) is 10.9 Å². The van der Waals surface area contributed by atoms with Gasteiger partial charge in [-0.3, -0.25) is 9.79 Å². The van der Waals surface area contributed by atoms with Crippen LogP contribution < -0.4 is 5.32 Å². The van der Waals surface area contributed by atoms with E-state index in [1.165, 1.54) is 11.1 Å². The second-order valence-electron chi connectivity index (χ2n) is 6.57. The maximum Gasteiger partial charge on any atom is 0.289 e. The molecule has 0 aromatic carbocycles. The van der Waals surface area contributed by atoms with Gasteiger partial charge in [0.2, 0.25) is 0 Å². The van der Waals surface area contributed by atoms with Gasteiger partial charge in [0.15, 0.2) is 11.7 Å². The quantitative estimate of drug-likeness (QED) is 0.388. The molecular weight excluding hydrogens is 475 g/mol. The average molecular weight is 502 g/mol. The normalized spacial score (nSPS) is 16.0. The third kappa shape index (κ3) is 5.97. The van der Waals surface area contributed by atoms with Crippen LogP contribution in [0.5, 0.6) is 0 Å². The molecule has 0 radical (unpaired) electrons. The number of nitrogens with zero attached hydrogens (tertiary/aromatic N) is 3. The number of carbonyl (C=O) groups excluding carboxylic acids is 1. The zero-order chi connectivity index (χ0) is 18.4. The number of aliphatic imine (C=N–C) groups is 1. The van der Waals surface area contributed by atoms with Crippen molar-refractivity contribution >= 4 is 47.2 Å². The third-order valence-electron chi connectivity index (χ3n) is 4.55. The van der Waals surface area contributed by atoms with E-state index in [2.05, 4.69) is 39.6 Å². The van der Waals surface area contributed by atoms with Crippen molar-refractivity contribution in [3.63, 3.8) is 0 Å². The van der Waals surface area contributed by atoms with E-state index in [1.54, 1.807) is 12.1 Å². The van der Waals surface area contributed by atoms with Crippen LogP contribution in [0.15, 0.2) is 45.3 Å². The molecule has 8 heteroatoms. The summed E-state index contributed by atoms with van der Waals surface area (Å²) in [5, 5.41) is 5.60. The van der Waals surface area contributed by atoms with Gasteiger partial charge in [-0.15, -0.1) is 35.3 Å². The van der Waals surface area contributed by atoms with Crippen LogP contribution in [0.4, 0.5) is 0 Å². The van der Waals surface area contributed by atoms with Crippen molar-refractivity contribution < 1.29 is 9.21 Å². The molecule has 0 saturated carbocycles. The molecule has 2 aromatic heterocycles. The molecule has 3 heterocycles. The van der Waals surface area contributed by atoms with Crippen molar-refractivity contribution in [3.8, 4) is 0 Å². The predicted octanol–water partition coefficient (Wildman–Crippen LogP) is 3.17. The maximum absolute atomic E-state index is 12.3. The number of amides is 1. The second-order valence-corrected chi connectivity index (χ2v) is 7.61. The highest BCUT2D eigenvalue weighted by molar-refractivity contribution is 14.0. The number of rotatable bonds is 5. The second kappa shape index (κ2) is 10.7. The van der Waals surface area contributed by atoms with E-state index >= 15 is 0 Å². The lowest BCUT2D eigenvalue weighted by Gasteiger charge is -2.36. The Balaban J connectivity index is 0.00000261. The monoisotopic (exact) mass is 502 g/mol. The van der Waals surface area contributed by atoms with Crippen molar-refractivity contribution in [1.82, 2.24) is 15.1 Å². The fourth-order valence-electron chi connectivity index (χ4n) is 3.12. The molecule has 0 spiro atoms. The summed E-state index contributed by atoms with van der Waals surface area (Å²) < 4.78 is 5.21. The first kappa shape index (κ1) is 21.7. The molecule has 0 aliphatic carbocycles. The molecule has 1 unspecified atom stereocenters. The number of nitrogens with one attached hydrogen (secondary N) is 1. The number of halogens is 1. The van der Waals surface area contributed by atoms with Crippen molar-refractivity contribution in [2.45, 2.75) is 13.3 Å². The molecule has 1 N–H and O–H groups in total. The first-order chi connectivity index (χ1) is 12.7. The lowest BCUT2D eigenvalue weighted by molar-refractivity contribution is 0.0657. The van der Waals surface area contributed by atoms with Gasteiger partial charge >= 0.3 is 0 Å². The van der Waals surface area contributed by atoms with Crippen molar-refractivity contribution in [1.29, 1.82) is 0 Å². The lowest BCUT2D eigenvalue weighted by Crippen LogP contribution is -2.54. The minimum Gasteiger partial charge on any atom is -0.459 e. The molecule has 27 heavy (non-hydrogen) atoms. The van der Waals surface area contributed by atoms with Crippen molar-refractivity contribution in [2.75, 3.05) is 39.8 Å². The van der Waals surface area contributed by atoms with Crippen LogP contribution in [-0.2, 0) is 6.42 Å². The highest BCUT2D eigenvalue weighted by Gasteiger charge is 2.25. The van der Waals surface area contributed by atoms with Gasteiger partial charge in [0.1, 0.15) is 0 Å². The molecule has 1 fully saturated rings. The minimum atomic E-state index is -0.0397. The summed E-state index contributed by atoms with van der Waals surface area (Å²) in [6, 6.07) is 7.74. The number of thiophene rings is 1. The fraction of sp³-hybridized carbons (Fsp3) is 0.474. The summed E-state index contributed by atoms with van der Waals surface area (Å²) in [5.41, 5.74) is 0. The Kier molecular flexibility index (Phi) is 8.62. The number of piperazine rings is 1. The highest BCUT2D eigenvalue weighted by atomic mass is 127. The third-order valence-corrected chi connectivity index (χ3v) is 5.45. The van der Waals surface area contributed by atoms with Gasteiger partial charge in [0.25, 0.3) is 5.91 Å². The van der Waals surface area contributed by atoms with E-state index < -0.39 is 0 Å². The SMILES string of the molecule is CN=C(NCC(C)Cc1cccs1)N1CCN(C(=O)c2ccco2)CC1.I. The summed E-state index contributed by atoms with van der Waals surface area (Å²) in [4.78, 5) is 22.2. The molecule has 6 nitrogen and oxygen atoms in total.